The molecule has 2 unspecified atom stereocenters. The second-order valence-electron chi connectivity index (χ2n) is 10.1. The summed E-state index contributed by atoms with van der Waals surface area (Å²) in [6.45, 7) is 6.75. The quantitative estimate of drug-likeness (QED) is 0.325. The summed E-state index contributed by atoms with van der Waals surface area (Å²) >= 11 is 0. The molecule has 2 aromatic carbocycles. The van der Waals surface area contributed by atoms with Crippen LogP contribution < -0.4 is 25.6 Å². The molecule has 0 spiro atoms. The first-order chi connectivity index (χ1) is 19.6. The number of oxazole rings is 1. The van der Waals surface area contributed by atoms with Crippen molar-refractivity contribution in [3.05, 3.63) is 82.9 Å². The summed E-state index contributed by atoms with van der Waals surface area (Å²) in [7, 11) is -1.51. The van der Waals surface area contributed by atoms with Crippen LogP contribution in [0.5, 0.6) is 11.5 Å². The number of nitrogens with zero attached hydrogens (tertiary/aromatic N) is 2. The minimum Gasteiger partial charge on any atom is -0.497 e. The van der Waals surface area contributed by atoms with Gasteiger partial charge in [0, 0.05) is 36.7 Å². The molecule has 4 rings (SSSR count). The van der Waals surface area contributed by atoms with Crippen LogP contribution in [-0.2, 0) is 14.6 Å². The van der Waals surface area contributed by atoms with Crippen LogP contribution in [0.25, 0.3) is 12.7 Å². The Morgan fingerprint density at radius 3 is 2.68 bits per heavy atom. The number of carbonyl (C=O) groups is 1. The van der Waals surface area contributed by atoms with Gasteiger partial charge in [-0.15, -0.1) is 0 Å². The van der Waals surface area contributed by atoms with Crippen molar-refractivity contribution in [1.82, 2.24) is 9.88 Å². The molecule has 0 radical (unpaired) electrons. The van der Waals surface area contributed by atoms with Gasteiger partial charge < -0.3 is 24.1 Å². The molecule has 1 N–H and O–H groups in total. The van der Waals surface area contributed by atoms with E-state index in [2.05, 4.69) is 16.9 Å². The maximum atomic E-state index is 14.2. The highest BCUT2D eigenvalue weighted by atomic mass is 32.2. The van der Waals surface area contributed by atoms with E-state index in [1.54, 1.807) is 19.2 Å². The molecule has 2 atom stereocenters. The molecule has 41 heavy (non-hydrogen) atoms. The van der Waals surface area contributed by atoms with Crippen LogP contribution >= 0.6 is 0 Å². The molecule has 1 amide bonds. The van der Waals surface area contributed by atoms with Crippen molar-refractivity contribution < 1.29 is 27.1 Å². The fraction of sp³-hybridized carbons (Fsp3) is 0.355. The van der Waals surface area contributed by atoms with Crippen LogP contribution in [-0.4, -0.2) is 62.5 Å². The third-order valence-electron chi connectivity index (χ3n) is 6.97. The molecule has 218 valence electrons. The Balaban J connectivity index is 1.58. The number of anilines is 1. The molecule has 0 bridgehead atoms. The van der Waals surface area contributed by atoms with Crippen LogP contribution in [0.1, 0.15) is 37.8 Å². The number of nitrogens with one attached hydrogen (secondary N) is 1. The minimum atomic E-state index is -3.07. The number of rotatable bonds is 12. The number of carbonyl (C=O) groups excluding carboxylic acids is 1. The van der Waals surface area contributed by atoms with Gasteiger partial charge in [-0.2, -0.15) is 0 Å². The van der Waals surface area contributed by atoms with Crippen LogP contribution in [0.2, 0.25) is 0 Å². The Morgan fingerprint density at radius 1 is 1.24 bits per heavy atom. The lowest BCUT2D eigenvalue weighted by Crippen LogP contribution is -2.41. The topological polar surface area (TPSA) is 111 Å². The van der Waals surface area contributed by atoms with E-state index in [-0.39, 0.29) is 24.3 Å². The first-order valence-electron chi connectivity index (χ1n) is 13.5. The summed E-state index contributed by atoms with van der Waals surface area (Å²) in [6, 6.07) is 14.2. The van der Waals surface area contributed by atoms with Crippen LogP contribution in [0.3, 0.4) is 0 Å². The predicted molar refractivity (Wildman–Crippen MR) is 160 cm³/mol. The lowest BCUT2D eigenvalue weighted by atomic mass is 10.0. The van der Waals surface area contributed by atoms with Crippen LogP contribution in [0.4, 0.5) is 5.69 Å². The molecule has 2 heterocycles. The number of sulfone groups is 1. The molecule has 1 aromatic heterocycles. The lowest BCUT2D eigenvalue weighted by molar-refractivity contribution is -0.132. The summed E-state index contributed by atoms with van der Waals surface area (Å²) in [5.41, 5.74) is 3.03. The number of hydrogen-bond donors (Lipinski definition) is 1. The van der Waals surface area contributed by atoms with Gasteiger partial charge in [-0.1, -0.05) is 48.6 Å². The van der Waals surface area contributed by atoms with Gasteiger partial charge in [-0.3, -0.25) is 4.79 Å². The number of aromatic nitrogens is 1. The third-order valence-corrected chi connectivity index (χ3v) is 8.00. The van der Waals surface area contributed by atoms with Crippen LogP contribution in [0, 0.1) is 0 Å². The maximum absolute atomic E-state index is 14.2. The highest BCUT2D eigenvalue weighted by molar-refractivity contribution is 7.90. The Bertz CT molecular complexity index is 1580. The van der Waals surface area contributed by atoms with Gasteiger partial charge in [0.15, 0.2) is 6.39 Å². The van der Waals surface area contributed by atoms with E-state index in [0.717, 1.165) is 24.0 Å². The number of ether oxygens (including phenoxy) is 2. The summed E-state index contributed by atoms with van der Waals surface area (Å²) in [4.78, 5) is 20.3. The van der Waals surface area contributed by atoms with Gasteiger partial charge in [-0.25, -0.2) is 13.4 Å². The smallest absolute Gasteiger partial charge is 0.250 e. The van der Waals surface area contributed by atoms with E-state index in [0.29, 0.717) is 40.9 Å². The number of likely N-dealkylation sites (tertiary alicyclic amines) is 1. The zero-order valence-electron chi connectivity index (χ0n) is 23.7. The molecule has 1 saturated heterocycles. The normalized spacial score (nSPS) is 17.0. The van der Waals surface area contributed by atoms with Crippen LogP contribution in [0.15, 0.2) is 71.0 Å². The van der Waals surface area contributed by atoms with E-state index in [9.17, 15) is 13.2 Å². The van der Waals surface area contributed by atoms with E-state index < -0.39 is 15.9 Å². The van der Waals surface area contributed by atoms with Crippen molar-refractivity contribution in [2.24, 2.45) is 0 Å². The molecule has 0 saturated carbocycles. The predicted octanol–water partition coefficient (Wildman–Crippen LogP) is 3.48. The first-order valence-corrected chi connectivity index (χ1v) is 15.6. The second-order valence-corrected chi connectivity index (χ2v) is 12.4. The van der Waals surface area contributed by atoms with Gasteiger partial charge in [0.1, 0.15) is 38.1 Å². The number of hydrogen-bond acceptors (Lipinski definition) is 8. The van der Waals surface area contributed by atoms with Crippen molar-refractivity contribution in [3.8, 4) is 11.5 Å². The van der Waals surface area contributed by atoms with Gasteiger partial charge in [0.2, 0.25) is 5.91 Å². The molecular formula is C31H37N3O6S. The SMILES string of the molecule is C=c1ocn/c1=C/C=C(\C)C1CCCN1C(=O)C(Nc1cc(OC)cc(OCCCS(C)(=O)=O)c1)c1ccccc1. The second kappa shape index (κ2) is 13.5. The monoisotopic (exact) mass is 579 g/mol. The molecule has 9 nitrogen and oxygen atoms in total. The van der Waals surface area contributed by atoms with Gasteiger partial charge in [0.25, 0.3) is 0 Å². The van der Waals surface area contributed by atoms with Crippen molar-refractivity contribution >= 4 is 34.1 Å². The van der Waals surface area contributed by atoms with Crippen molar-refractivity contribution in [2.45, 2.75) is 38.3 Å². The van der Waals surface area contributed by atoms with Gasteiger partial charge in [0.05, 0.1) is 25.5 Å². The zero-order valence-corrected chi connectivity index (χ0v) is 24.5. The zero-order chi connectivity index (χ0) is 29.4. The summed E-state index contributed by atoms with van der Waals surface area (Å²) in [5, 5.41) is 4.08. The standard InChI is InChI=1S/C31H37N3O6S/c1-22(13-14-28-23(2)40-21-32-28)29-12-8-15-34(29)31(35)30(24-10-6-5-7-11-24)33-25-18-26(38-3)20-27(19-25)39-16-9-17-41(4,36)37/h5-7,10-11,13-14,18-21,29-30,33H,2,8-9,12,15-17H2,1,3-4H3/b22-13+,28-14+. The Kier molecular flexibility index (Phi) is 9.88. The summed E-state index contributed by atoms with van der Waals surface area (Å²) in [5.74, 6) is 1.08. The molecule has 0 aliphatic carbocycles. The van der Waals surface area contributed by atoms with Crippen molar-refractivity contribution in [2.75, 3.05) is 37.6 Å². The van der Waals surface area contributed by atoms with Gasteiger partial charge in [-0.05, 0) is 37.8 Å². The van der Waals surface area contributed by atoms with Gasteiger partial charge >= 0.3 is 0 Å². The van der Waals surface area contributed by atoms with E-state index in [1.807, 2.05) is 60.4 Å². The summed E-state index contributed by atoms with van der Waals surface area (Å²) in [6.07, 6.45) is 8.55. The third kappa shape index (κ3) is 8.23. The largest absolute Gasteiger partial charge is 0.497 e. The number of benzene rings is 2. The highest BCUT2D eigenvalue weighted by Gasteiger charge is 2.34. The molecular weight excluding hydrogens is 542 g/mol. The Labute approximate surface area is 241 Å². The van der Waals surface area contributed by atoms with E-state index in [4.69, 9.17) is 13.9 Å². The summed E-state index contributed by atoms with van der Waals surface area (Å²) < 4.78 is 39.4. The fourth-order valence-corrected chi connectivity index (χ4v) is 5.52. The van der Waals surface area contributed by atoms with E-state index in [1.165, 1.54) is 12.6 Å². The minimum absolute atomic E-state index is 0.0378. The Morgan fingerprint density at radius 2 is 2.00 bits per heavy atom. The average Bonchev–Trinajstić information content (AvgIpc) is 3.61. The molecule has 1 aliphatic rings. The molecule has 10 heteroatoms. The molecule has 1 fully saturated rings. The Hall–Kier alpha value is -4.05. The average molecular weight is 580 g/mol. The number of amides is 1. The van der Waals surface area contributed by atoms with E-state index >= 15 is 0 Å². The van der Waals surface area contributed by atoms with Crippen molar-refractivity contribution in [3.63, 3.8) is 0 Å². The first kappa shape index (κ1) is 29.9. The lowest BCUT2D eigenvalue weighted by Gasteiger charge is -2.30. The highest BCUT2D eigenvalue weighted by Crippen LogP contribution is 2.32. The maximum Gasteiger partial charge on any atom is 0.250 e. The number of methoxy groups -OCH3 is 1. The molecule has 1 aliphatic heterocycles. The van der Waals surface area contributed by atoms with Crippen molar-refractivity contribution in [1.29, 1.82) is 0 Å². The fourth-order valence-electron chi connectivity index (χ4n) is 4.87. The number of allylic oxidation sites excluding steroid dienone is 1. The molecule has 3 aromatic rings.